The van der Waals surface area contributed by atoms with Crippen LogP contribution in [0.25, 0.3) is 0 Å². The van der Waals surface area contributed by atoms with Crippen LogP contribution in [-0.2, 0) is 20.4 Å². The maximum absolute atomic E-state index is 11.5. The molecule has 4 aromatic rings. The molecule has 0 radical (unpaired) electrons. The molecular formula is C30H27O3S2+. The van der Waals surface area contributed by atoms with Crippen LogP contribution in [0.15, 0.2) is 146 Å². The molecule has 0 N–H and O–H groups in total. The van der Waals surface area contributed by atoms with Gasteiger partial charge in [-0.15, -0.1) is 0 Å². The molecule has 0 fully saturated rings. The van der Waals surface area contributed by atoms with Crippen LogP contribution in [0.2, 0.25) is 0 Å². The Morgan fingerprint density at radius 1 is 0.714 bits per heavy atom. The second-order valence-corrected chi connectivity index (χ2v) is 10.9. The lowest BCUT2D eigenvalue weighted by Gasteiger charge is -2.10. The Bertz CT molecular complexity index is 1240. The fourth-order valence-electron chi connectivity index (χ4n) is 3.32. The predicted molar refractivity (Wildman–Crippen MR) is 143 cm³/mol. The van der Waals surface area contributed by atoms with Crippen LogP contribution < -0.4 is 4.74 Å². The van der Waals surface area contributed by atoms with Crippen molar-refractivity contribution < 1.29 is 14.3 Å². The Labute approximate surface area is 214 Å². The summed E-state index contributed by atoms with van der Waals surface area (Å²) in [7, 11) is -0.240. The summed E-state index contributed by atoms with van der Waals surface area (Å²) in [6.07, 6.45) is 0. The Morgan fingerprint density at radius 2 is 1.23 bits per heavy atom. The molecule has 0 aliphatic rings. The van der Waals surface area contributed by atoms with Crippen molar-refractivity contribution in [2.45, 2.75) is 31.4 Å². The zero-order valence-electron chi connectivity index (χ0n) is 19.6. The van der Waals surface area contributed by atoms with Crippen molar-refractivity contribution in [3.63, 3.8) is 0 Å². The minimum absolute atomic E-state index is 0.190. The molecule has 0 aliphatic carbocycles. The second kappa shape index (κ2) is 12.3. The molecule has 0 aliphatic heterocycles. The quantitative estimate of drug-likeness (QED) is 0.0984. The Hall–Kier alpha value is -3.41. The molecule has 0 aromatic heterocycles. The summed E-state index contributed by atoms with van der Waals surface area (Å²) >= 11 is 1.76. The van der Waals surface area contributed by atoms with Crippen molar-refractivity contribution in [1.29, 1.82) is 0 Å². The molecule has 1 atom stereocenters. The average Bonchev–Trinajstić information content (AvgIpc) is 2.90. The van der Waals surface area contributed by atoms with E-state index in [1.165, 1.54) is 24.5 Å². The summed E-state index contributed by atoms with van der Waals surface area (Å²) < 4.78 is 10.8. The minimum atomic E-state index is -0.399. The van der Waals surface area contributed by atoms with Crippen LogP contribution in [0.1, 0.15) is 6.92 Å². The highest BCUT2D eigenvalue weighted by Gasteiger charge is 2.28. The summed E-state index contributed by atoms with van der Waals surface area (Å²) in [6, 6.07) is 38.0. The number of ether oxygens (including phenoxy) is 2. The molecule has 0 saturated carbocycles. The van der Waals surface area contributed by atoms with Crippen LogP contribution >= 0.6 is 11.8 Å². The topological polar surface area (TPSA) is 35.5 Å². The number of hydrogen-bond acceptors (Lipinski definition) is 4. The van der Waals surface area contributed by atoms with Gasteiger partial charge in [-0.2, -0.15) is 0 Å². The van der Waals surface area contributed by atoms with E-state index < -0.39 is 5.97 Å². The second-order valence-electron chi connectivity index (χ2n) is 7.74. The number of esters is 1. The van der Waals surface area contributed by atoms with Crippen LogP contribution in [0.3, 0.4) is 0 Å². The number of rotatable bonds is 10. The zero-order chi connectivity index (χ0) is 24.5. The maximum atomic E-state index is 11.5. The van der Waals surface area contributed by atoms with Gasteiger partial charge < -0.3 is 9.47 Å². The number of carbonyl (C=O) groups excluding carboxylic acids is 1. The Morgan fingerprint density at radius 3 is 1.83 bits per heavy atom. The van der Waals surface area contributed by atoms with Gasteiger partial charge in [0.15, 0.2) is 14.7 Å². The average molecular weight is 500 g/mol. The van der Waals surface area contributed by atoms with E-state index in [0.717, 1.165) is 5.75 Å². The first kappa shape index (κ1) is 24.7. The van der Waals surface area contributed by atoms with Crippen LogP contribution in [0, 0.1) is 0 Å². The molecule has 4 aromatic carbocycles. The number of hydrogen-bond donors (Lipinski definition) is 0. The van der Waals surface area contributed by atoms with Gasteiger partial charge in [0.05, 0.1) is 10.9 Å². The molecule has 35 heavy (non-hydrogen) atoms. The van der Waals surface area contributed by atoms with Crippen molar-refractivity contribution >= 4 is 28.6 Å². The number of carbonyl (C=O) groups is 1. The largest absolute Gasteiger partial charge is 0.490 e. The third-order valence-electron chi connectivity index (χ3n) is 5.01. The van der Waals surface area contributed by atoms with Crippen molar-refractivity contribution in [3.8, 4) is 5.75 Å². The first-order valence-corrected chi connectivity index (χ1v) is 13.3. The fourth-order valence-corrected chi connectivity index (χ4v) is 6.22. The standard InChI is InChI=1S/C30H27O3S2/c1-23(2)30(31)33-22-21-32-24-13-17-28(18-14-24)35(27-11-7-4-8-12-27)29-19-15-26(16-20-29)34-25-9-5-3-6-10-25/h3-20H,1,21-22H2,2H3/q+1. The van der Waals surface area contributed by atoms with Crippen molar-refractivity contribution in [3.05, 3.63) is 121 Å². The van der Waals surface area contributed by atoms with Gasteiger partial charge in [0.25, 0.3) is 0 Å². The lowest BCUT2D eigenvalue weighted by molar-refractivity contribution is -0.139. The smallest absolute Gasteiger partial charge is 0.333 e. The van der Waals surface area contributed by atoms with Gasteiger partial charge in [0.1, 0.15) is 19.0 Å². The zero-order valence-corrected chi connectivity index (χ0v) is 21.2. The third kappa shape index (κ3) is 7.04. The van der Waals surface area contributed by atoms with E-state index in [0.29, 0.717) is 12.2 Å². The van der Waals surface area contributed by atoms with Gasteiger partial charge in [-0.05, 0) is 79.7 Å². The Balaban J connectivity index is 1.48. The number of benzene rings is 4. The summed E-state index contributed by atoms with van der Waals surface area (Å²) in [5.41, 5.74) is 0.383. The molecule has 0 saturated heterocycles. The molecular weight excluding hydrogens is 472 g/mol. The van der Waals surface area contributed by atoms with E-state index in [4.69, 9.17) is 9.47 Å². The highest BCUT2D eigenvalue weighted by atomic mass is 32.2. The highest BCUT2D eigenvalue weighted by Crippen LogP contribution is 2.34. The van der Waals surface area contributed by atoms with Crippen molar-refractivity contribution in [2.75, 3.05) is 13.2 Å². The summed E-state index contributed by atoms with van der Waals surface area (Å²) in [6.45, 7) is 5.69. The van der Waals surface area contributed by atoms with E-state index in [1.54, 1.807) is 18.7 Å². The predicted octanol–water partition coefficient (Wildman–Crippen LogP) is 7.43. The molecule has 176 valence electrons. The van der Waals surface area contributed by atoms with Gasteiger partial charge in [-0.3, -0.25) is 0 Å². The van der Waals surface area contributed by atoms with Crippen LogP contribution in [0.5, 0.6) is 5.75 Å². The van der Waals surface area contributed by atoms with E-state index in [-0.39, 0.29) is 17.5 Å². The summed E-state index contributed by atoms with van der Waals surface area (Å²) in [4.78, 5) is 17.7. The van der Waals surface area contributed by atoms with Crippen LogP contribution in [0.4, 0.5) is 0 Å². The lowest BCUT2D eigenvalue weighted by atomic mass is 10.3. The third-order valence-corrected chi connectivity index (χ3v) is 8.26. The normalized spacial score (nSPS) is 11.5. The van der Waals surface area contributed by atoms with Gasteiger partial charge >= 0.3 is 5.97 Å². The fraction of sp³-hybridized carbons (Fsp3) is 0.100. The lowest BCUT2D eigenvalue weighted by Crippen LogP contribution is -2.12. The summed E-state index contributed by atoms with van der Waals surface area (Å²) in [5.74, 6) is 0.343. The first-order chi connectivity index (χ1) is 17.1. The molecule has 0 amide bonds. The van der Waals surface area contributed by atoms with Gasteiger partial charge in [0.2, 0.25) is 0 Å². The van der Waals surface area contributed by atoms with E-state index in [2.05, 4.69) is 91.5 Å². The van der Waals surface area contributed by atoms with Crippen molar-refractivity contribution in [2.24, 2.45) is 0 Å². The molecule has 0 heterocycles. The Kier molecular flexibility index (Phi) is 8.71. The van der Waals surface area contributed by atoms with E-state index in [9.17, 15) is 4.79 Å². The van der Waals surface area contributed by atoms with Crippen molar-refractivity contribution in [1.82, 2.24) is 0 Å². The molecule has 1 unspecified atom stereocenters. The molecule has 4 rings (SSSR count). The minimum Gasteiger partial charge on any atom is -0.490 e. The molecule has 0 bridgehead atoms. The summed E-state index contributed by atoms with van der Waals surface area (Å²) in [5, 5.41) is 0. The van der Waals surface area contributed by atoms with Gasteiger partial charge in [0, 0.05) is 15.4 Å². The van der Waals surface area contributed by atoms with Gasteiger partial charge in [-0.1, -0.05) is 54.7 Å². The monoisotopic (exact) mass is 499 g/mol. The highest BCUT2D eigenvalue weighted by molar-refractivity contribution is 7.99. The maximum Gasteiger partial charge on any atom is 0.333 e. The van der Waals surface area contributed by atoms with E-state index >= 15 is 0 Å². The SMILES string of the molecule is C=C(C)C(=O)OCCOc1ccc([S+](c2ccccc2)c2ccc(Sc3ccccc3)cc2)cc1. The molecule has 3 nitrogen and oxygen atoms in total. The van der Waals surface area contributed by atoms with Crippen LogP contribution in [-0.4, -0.2) is 19.2 Å². The molecule has 0 spiro atoms. The van der Waals surface area contributed by atoms with Gasteiger partial charge in [-0.25, -0.2) is 4.79 Å². The van der Waals surface area contributed by atoms with E-state index in [1.807, 2.05) is 24.3 Å². The molecule has 5 heteroatoms. The first-order valence-electron chi connectivity index (χ1n) is 11.3.